The van der Waals surface area contributed by atoms with Crippen LogP contribution in [-0.4, -0.2) is 76.7 Å². The van der Waals surface area contributed by atoms with Gasteiger partial charge in [-0.1, -0.05) is 13.8 Å². The van der Waals surface area contributed by atoms with Crippen LogP contribution in [0.3, 0.4) is 0 Å². The van der Waals surface area contributed by atoms with E-state index in [1.165, 1.54) is 18.7 Å². The minimum atomic E-state index is -1.46. The lowest BCUT2D eigenvalue weighted by Crippen LogP contribution is -2.57. The molecule has 0 aromatic rings. The van der Waals surface area contributed by atoms with Gasteiger partial charge in [0, 0.05) is 0 Å². The zero-order chi connectivity index (χ0) is 21.1. The Balaban J connectivity index is 4.94. The number of aliphatic carboxylic acids is 1. The summed E-state index contributed by atoms with van der Waals surface area (Å²) in [5.74, 6) is -2.70. The first-order valence-corrected chi connectivity index (χ1v) is 9.93. The molecule has 0 bridgehead atoms. The maximum atomic E-state index is 12.5. The highest BCUT2D eigenvalue weighted by atomic mass is 32.2. The molecule has 0 rings (SSSR count). The molecule has 4 atom stereocenters. The van der Waals surface area contributed by atoms with Gasteiger partial charge in [-0.2, -0.15) is 11.8 Å². The number of amides is 3. The molecule has 0 aliphatic rings. The van der Waals surface area contributed by atoms with E-state index in [0.717, 1.165) is 0 Å². The Morgan fingerprint density at radius 3 is 1.96 bits per heavy atom. The number of carbonyl (C=O) groups excluding carboxylic acids is 3. The second-order valence-electron chi connectivity index (χ2n) is 6.42. The first-order valence-electron chi connectivity index (χ1n) is 8.54. The van der Waals surface area contributed by atoms with Crippen molar-refractivity contribution < 1.29 is 29.4 Å². The van der Waals surface area contributed by atoms with E-state index < -0.39 is 54.5 Å². The molecule has 0 saturated heterocycles. The molecule has 0 saturated carbocycles. The molecular weight excluding hydrogens is 376 g/mol. The molecule has 0 spiro atoms. The Kier molecular flexibility index (Phi) is 11.7. The number of nitrogens with two attached hydrogens (primary N) is 1. The number of carboxylic acid groups (broad SMARTS) is 1. The van der Waals surface area contributed by atoms with Crippen LogP contribution in [0.5, 0.6) is 0 Å². The summed E-state index contributed by atoms with van der Waals surface area (Å²) in [5.41, 5.74) is 5.79. The number of hydrogen-bond donors (Lipinski definition) is 6. The molecule has 0 radical (unpaired) electrons. The quantitative estimate of drug-likeness (QED) is 0.222. The molecule has 7 N–H and O–H groups in total. The topological polar surface area (TPSA) is 171 Å². The van der Waals surface area contributed by atoms with Gasteiger partial charge in [0.2, 0.25) is 17.7 Å². The van der Waals surface area contributed by atoms with E-state index in [-0.39, 0.29) is 5.92 Å². The van der Waals surface area contributed by atoms with E-state index in [1.54, 1.807) is 13.8 Å². The molecule has 0 fully saturated rings. The molecule has 10 nitrogen and oxygen atoms in total. The largest absolute Gasteiger partial charge is 0.480 e. The van der Waals surface area contributed by atoms with Crippen molar-refractivity contribution in [1.82, 2.24) is 16.0 Å². The van der Waals surface area contributed by atoms with E-state index >= 15 is 0 Å². The Hall–Kier alpha value is -1.85. The molecule has 156 valence electrons. The van der Waals surface area contributed by atoms with Gasteiger partial charge >= 0.3 is 5.97 Å². The lowest BCUT2D eigenvalue weighted by molar-refractivity contribution is -0.143. The summed E-state index contributed by atoms with van der Waals surface area (Å²) in [6.07, 6.45) is 2.19. The third-order valence-corrected chi connectivity index (χ3v) is 4.46. The number of aliphatic hydroxyl groups is 1. The van der Waals surface area contributed by atoms with Crippen molar-refractivity contribution in [1.29, 1.82) is 0 Å². The molecule has 4 unspecified atom stereocenters. The van der Waals surface area contributed by atoms with Crippen LogP contribution in [0.4, 0.5) is 0 Å². The van der Waals surface area contributed by atoms with Crippen LogP contribution in [0, 0.1) is 5.92 Å². The summed E-state index contributed by atoms with van der Waals surface area (Å²) in [5, 5.41) is 24.9. The van der Waals surface area contributed by atoms with Crippen molar-refractivity contribution in [3.8, 4) is 0 Å². The van der Waals surface area contributed by atoms with E-state index in [4.69, 9.17) is 15.9 Å². The lowest BCUT2D eigenvalue weighted by atomic mass is 10.0. The molecular formula is C16H30N4O6S. The highest BCUT2D eigenvalue weighted by Crippen LogP contribution is 2.04. The number of nitrogens with one attached hydrogen (secondary N) is 3. The van der Waals surface area contributed by atoms with Gasteiger partial charge in [0.05, 0.1) is 12.6 Å². The number of carboxylic acids is 1. The maximum Gasteiger partial charge on any atom is 0.328 e. The summed E-state index contributed by atoms with van der Waals surface area (Å²) in [6.45, 7) is 4.17. The highest BCUT2D eigenvalue weighted by molar-refractivity contribution is 7.98. The second kappa shape index (κ2) is 12.5. The van der Waals surface area contributed by atoms with Crippen LogP contribution in [-0.2, 0) is 19.2 Å². The Bertz CT molecular complexity index is 531. The number of rotatable bonds is 12. The van der Waals surface area contributed by atoms with Gasteiger partial charge in [0.25, 0.3) is 0 Å². The molecule has 3 amide bonds. The highest BCUT2D eigenvalue weighted by Gasteiger charge is 2.28. The summed E-state index contributed by atoms with van der Waals surface area (Å²) in [4.78, 5) is 47.5. The third-order valence-electron chi connectivity index (χ3n) is 3.81. The first-order chi connectivity index (χ1) is 12.5. The summed E-state index contributed by atoms with van der Waals surface area (Å²) < 4.78 is 0. The Labute approximate surface area is 163 Å². The molecule has 0 aliphatic heterocycles. The van der Waals surface area contributed by atoms with Crippen LogP contribution in [0.15, 0.2) is 0 Å². The average Bonchev–Trinajstić information content (AvgIpc) is 2.61. The van der Waals surface area contributed by atoms with Crippen LogP contribution < -0.4 is 21.7 Å². The van der Waals surface area contributed by atoms with Gasteiger partial charge in [0.1, 0.15) is 18.1 Å². The summed E-state index contributed by atoms with van der Waals surface area (Å²) in [6, 6.07) is -4.17. The second-order valence-corrected chi connectivity index (χ2v) is 7.41. The lowest BCUT2D eigenvalue weighted by Gasteiger charge is -2.24. The van der Waals surface area contributed by atoms with Gasteiger partial charge in [0.15, 0.2) is 0 Å². The van der Waals surface area contributed by atoms with Crippen molar-refractivity contribution >= 4 is 35.5 Å². The fraction of sp³-hybridized carbons (Fsp3) is 0.750. The fourth-order valence-electron chi connectivity index (χ4n) is 1.94. The normalized spacial score (nSPS) is 15.4. The minimum absolute atomic E-state index is 0.106. The molecule has 0 heterocycles. The van der Waals surface area contributed by atoms with Crippen molar-refractivity contribution in [3.05, 3.63) is 0 Å². The smallest absolute Gasteiger partial charge is 0.328 e. The van der Waals surface area contributed by atoms with Gasteiger partial charge in [-0.05, 0) is 31.3 Å². The molecule has 0 aliphatic carbocycles. The van der Waals surface area contributed by atoms with E-state index in [1.807, 2.05) is 6.26 Å². The standard InChI is InChI=1S/C16H30N4O6S/c1-8(2)12(17)15(24)19-10(5-6-27-4)14(23)18-9(3)13(22)20-11(7-21)16(25)26/h8-12,21H,5-7,17H2,1-4H3,(H,18,23)(H,19,24)(H,20,22)(H,25,26). The van der Waals surface area contributed by atoms with Gasteiger partial charge in [-0.3, -0.25) is 14.4 Å². The third kappa shape index (κ3) is 9.07. The van der Waals surface area contributed by atoms with E-state index in [0.29, 0.717) is 12.2 Å². The predicted molar refractivity (Wildman–Crippen MR) is 102 cm³/mol. The first kappa shape index (κ1) is 25.1. The minimum Gasteiger partial charge on any atom is -0.480 e. The number of carbonyl (C=O) groups is 4. The van der Waals surface area contributed by atoms with Crippen molar-refractivity contribution in [2.75, 3.05) is 18.6 Å². The molecule has 11 heteroatoms. The number of hydrogen-bond acceptors (Lipinski definition) is 7. The van der Waals surface area contributed by atoms with Gasteiger partial charge < -0.3 is 31.9 Å². The molecule has 0 aromatic carbocycles. The monoisotopic (exact) mass is 406 g/mol. The zero-order valence-electron chi connectivity index (χ0n) is 16.0. The SMILES string of the molecule is CSCCC(NC(=O)C(N)C(C)C)C(=O)NC(C)C(=O)NC(CO)C(=O)O. The van der Waals surface area contributed by atoms with Crippen molar-refractivity contribution in [3.63, 3.8) is 0 Å². The van der Waals surface area contributed by atoms with Crippen LogP contribution >= 0.6 is 11.8 Å². The molecule has 0 aromatic heterocycles. The fourth-order valence-corrected chi connectivity index (χ4v) is 2.41. The van der Waals surface area contributed by atoms with Crippen LogP contribution in [0.2, 0.25) is 0 Å². The summed E-state index contributed by atoms with van der Waals surface area (Å²) >= 11 is 1.49. The van der Waals surface area contributed by atoms with Crippen molar-refractivity contribution in [2.24, 2.45) is 11.7 Å². The Morgan fingerprint density at radius 2 is 1.52 bits per heavy atom. The average molecular weight is 407 g/mol. The number of aliphatic hydroxyl groups excluding tert-OH is 1. The van der Waals surface area contributed by atoms with E-state index in [9.17, 15) is 19.2 Å². The van der Waals surface area contributed by atoms with Crippen LogP contribution in [0.25, 0.3) is 0 Å². The molecule has 27 heavy (non-hydrogen) atoms. The summed E-state index contributed by atoms with van der Waals surface area (Å²) in [7, 11) is 0. The van der Waals surface area contributed by atoms with E-state index in [2.05, 4.69) is 16.0 Å². The number of thioether (sulfide) groups is 1. The maximum absolute atomic E-state index is 12.5. The van der Waals surface area contributed by atoms with Gasteiger partial charge in [-0.15, -0.1) is 0 Å². The zero-order valence-corrected chi connectivity index (χ0v) is 16.8. The van der Waals surface area contributed by atoms with Crippen LogP contribution in [0.1, 0.15) is 27.2 Å². The predicted octanol–water partition coefficient (Wildman–Crippen LogP) is -1.73. The van der Waals surface area contributed by atoms with Crippen molar-refractivity contribution in [2.45, 2.75) is 51.4 Å². The Morgan fingerprint density at radius 1 is 0.963 bits per heavy atom. The van der Waals surface area contributed by atoms with Gasteiger partial charge in [-0.25, -0.2) is 4.79 Å².